The van der Waals surface area contributed by atoms with Crippen molar-refractivity contribution >= 4 is 11.5 Å². The van der Waals surface area contributed by atoms with E-state index in [0.29, 0.717) is 0 Å². The Hall–Kier alpha value is -1.61. The highest BCUT2D eigenvalue weighted by Crippen LogP contribution is 2.14. The van der Waals surface area contributed by atoms with Gasteiger partial charge in [0.2, 0.25) is 0 Å². The fourth-order valence-electron chi connectivity index (χ4n) is 1.32. The summed E-state index contributed by atoms with van der Waals surface area (Å²) in [6.45, 7) is 1.01. The van der Waals surface area contributed by atoms with Gasteiger partial charge in [-0.25, -0.2) is 4.37 Å². The third kappa shape index (κ3) is 2.92. The van der Waals surface area contributed by atoms with Crippen molar-refractivity contribution in [3.63, 3.8) is 0 Å². The Morgan fingerprint density at radius 3 is 2.93 bits per heavy atom. The molecule has 0 radical (unpaired) electrons. The number of hydrogen-bond donors (Lipinski definition) is 0. The molecule has 0 N–H and O–H groups in total. The molecule has 0 saturated heterocycles. The lowest BCUT2D eigenvalue weighted by Gasteiger charge is -2.23. The van der Waals surface area contributed by atoms with Crippen molar-refractivity contribution < 1.29 is 0 Å². The van der Waals surface area contributed by atoms with Crippen LogP contribution in [0.5, 0.6) is 0 Å². The van der Waals surface area contributed by atoms with Gasteiger partial charge in [0.25, 0.3) is 0 Å². The second-order valence-corrected chi connectivity index (χ2v) is 3.75. The van der Waals surface area contributed by atoms with Crippen LogP contribution in [0.4, 0.5) is 0 Å². The van der Waals surface area contributed by atoms with E-state index in [1.807, 2.05) is 11.4 Å². The molecule has 2 aliphatic rings. The van der Waals surface area contributed by atoms with E-state index in [2.05, 4.69) is 51.9 Å². The third-order valence-corrected chi connectivity index (χ3v) is 2.55. The number of fused-ring (bicyclic) bond motifs is 1. The zero-order chi connectivity index (χ0) is 10.3. The van der Waals surface area contributed by atoms with E-state index in [1.165, 1.54) is 17.2 Å². The second kappa shape index (κ2) is 5.32. The van der Waals surface area contributed by atoms with E-state index in [9.17, 15) is 0 Å². The summed E-state index contributed by atoms with van der Waals surface area (Å²) in [5.74, 6) is 0. The molecule has 2 aliphatic heterocycles. The Bertz CT molecular complexity index is 382. The molecule has 3 rings (SSSR count). The fourth-order valence-corrected chi connectivity index (χ4v) is 1.68. The summed E-state index contributed by atoms with van der Waals surface area (Å²) in [5.41, 5.74) is 1.28. The quantitative estimate of drug-likeness (QED) is 0.663. The normalized spacial score (nSPS) is 16.5. The van der Waals surface area contributed by atoms with Crippen LogP contribution < -0.4 is 0 Å². The Labute approximate surface area is 93.7 Å². The van der Waals surface area contributed by atoms with Gasteiger partial charge in [0.1, 0.15) is 0 Å². The molecule has 1 aromatic heterocycles. The van der Waals surface area contributed by atoms with Crippen molar-refractivity contribution in [3.05, 3.63) is 66.0 Å². The molecule has 0 bridgehead atoms. The molecule has 0 unspecified atom stereocenters. The summed E-state index contributed by atoms with van der Waals surface area (Å²) in [7, 11) is 0. The predicted octanol–water partition coefficient (Wildman–Crippen LogP) is 2.97. The maximum atomic E-state index is 3.76. The third-order valence-electron chi connectivity index (χ3n) is 2.03. The number of nitrogens with zero attached hydrogens (tertiary/aromatic N) is 2. The highest BCUT2D eigenvalue weighted by atomic mass is 32.1. The minimum Gasteiger partial charge on any atom is -0.344 e. The lowest BCUT2D eigenvalue weighted by molar-refractivity contribution is 0.523. The number of allylic oxidation sites excluding steroid dienone is 5. The van der Waals surface area contributed by atoms with Gasteiger partial charge in [0.15, 0.2) is 0 Å². The van der Waals surface area contributed by atoms with Gasteiger partial charge in [0, 0.05) is 30.0 Å². The molecule has 0 aromatic carbocycles. The Kier molecular flexibility index (Phi) is 3.52. The van der Waals surface area contributed by atoms with Crippen molar-refractivity contribution in [2.45, 2.75) is 0 Å². The molecule has 0 saturated carbocycles. The van der Waals surface area contributed by atoms with Gasteiger partial charge >= 0.3 is 0 Å². The van der Waals surface area contributed by atoms with E-state index in [1.54, 1.807) is 6.20 Å². The molecule has 15 heavy (non-hydrogen) atoms. The fraction of sp³-hybridized carbons (Fsp3) is 0.0833. The second-order valence-electron chi connectivity index (χ2n) is 3.06. The molecule has 0 aliphatic carbocycles. The van der Waals surface area contributed by atoms with E-state index >= 15 is 0 Å². The molecular weight excluding hydrogens is 204 g/mol. The van der Waals surface area contributed by atoms with Crippen molar-refractivity contribution in [2.24, 2.45) is 0 Å². The van der Waals surface area contributed by atoms with Crippen molar-refractivity contribution in [2.75, 3.05) is 6.54 Å². The minimum absolute atomic E-state index is 1.01. The van der Waals surface area contributed by atoms with Crippen LogP contribution in [0.25, 0.3) is 0 Å². The maximum absolute atomic E-state index is 3.76. The van der Waals surface area contributed by atoms with Gasteiger partial charge in [-0.1, -0.05) is 18.2 Å². The van der Waals surface area contributed by atoms with Crippen LogP contribution in [0.2, 0.25) is 0 Å². The summed E-state index contributed by atoms with van der Waals surface area (Å²) in [6.07, 6.45) is 16.4. The lowest BCUT2D eigenvalue weighted by Crippen LogP contribution is -2.18. The van der Waals surface area contributed by atoms with Crippen molar-refractivity contribution in [3.8, 4) is 0 Å². The van der Waals surface area contributed by atoms with Crippen LogP contribution >= 0.6 is 11.5 Å². The first kappa shape index (κ1) is 9.93. The van der Waals surface area contributed by atoms with Crippen LogP contribution in [-0.4, -0.2) is 15.8 Å². The van der Waals surface area contributed by atoms with Crippen LogP contribution in [-0.2, 0) is 0 Å². The van der Waals surface area contributed by atoms with Gasteiger partial charge < -0.3 is 4.90 Å². The highest BCUT2D eigenvalue weighted by Gasteiger charge is 2.05. The van der Waals surface area contributed by atoms with Crippen LogP contribution in [0.15, 0.2) is 66.0 Å². The zero-order valence-electron chi connectivity index (χ0n) is 8.28. The SMILES string of the molecule is C1=CCN2C=CC=CC2=C1.c1cnsc1. The van der Waals surface area contributed by atoms with Crippen LogP contribution in [0.1, 0.15) is 0 Å². The maximum Gasteiger partial charge on any atom is 0.0409 e. The molecular formula is C12H12N2S. The van der Waals surface area contributed by atoms with Crippen LogP contribution in [0.3, 0.4) is 0 Å². The average molecular weight is 216 g/mol. The molecule has 0 amide bonds. The summed E-state index contributed by atoms with van der Waals surface area (Å²) < 4.78 is 3.76. The summed E-state index contributed by atoms with van der Waals surface area (Å²) in [4.78, 5) is 2.21. The van der Waals surface area contributed by atoms with Gasteiger partial charge in [0.05, 0.1) is 0 Å². The number of rotatable bonds is 0. The van der Waals surface area contributed by atoms with Crippen molar-refractivity contribution in [1.29, 1.82) is 0 Å². The molecule has 0 atom stereocenters. The highest BCUT2D eigenvalue weighted by molar-refractivity contribution is 7.03. The average Bonchev–Trinajstić information content (AvgIpc) is 2.88. The van der Waals surface area contributed by atoms with E-state index in [4.69, 9.17) is 0 Å². The van der Waals surface area contributed by atoms with Crippen LogP contribution in [0, 0.1) is 0 Å². The Morgan fingerprint density at radius 2 is 2.27 bits per heavy atom. The molecule has 3 heterocycles. The number of hydrogen-bond acceptors (Lipinski definition) is 3. The van der Waals surface area contributed by atoms with Gasteiger partial charge in [-0.15, -0.1) is 0 Å². The van der Waals surface area contributed by atoms with E-state index < -0.39 is 0 Å². The first-order valence-electron chi connectivity index (χ1n) is 4.79. The van der Waals surface area contributed by atoms with Gasteiger partial charge in [-0.05, 0) is 35.8 Å². The van der Waals surface area contributed by atoms with E-state index in [-0.39, 0.29) is 0 Å². The standard InChI is InChI=1S/C9H9N.C3H3NS/c1-3-7-10-8-4-2-6-9(10)5-1;1-2-4-5-3-1/h1-7H,8H2;1-3H. The predicted molar refractivity (Wildman–Crippen MR) is 64.3 cm³/mol. The smallest absolute Gasteiger partial charge is 0.0409 e. The van der Waals surface area contributed by atoms with Gasteiger partial charge in [-0.3, -0.25) is 0 Å². The molecule has 0 fully saturated rings. The molecule has 76 valence electrons. The molecule has 1 aromatic rings. The number of aromatic nitrogens is 1. The Morgan fingerprint density at radius 1 is 1.27 bits per heavy atom. The molecule has 0 spiro atoms. The first-order valence-corrected chi connectivity index (χ1v) is 5.63. The van der Waals surface area contributed by atoms with E-state index in [0.717, 1.165) is 6.54 Å². The van der Waals surface area contributed by atoms with Crippen molar-refractivity contribution in [1.82, 2.24) is 9.27 Å². The Balaban J connectivity index is 0.000000144. The first-order chi connectivity index (χ1) is 7.47. The molecule has 2 nitrogen and oxygen atoms in total. The topological polar surface area (TPSA) is 16.1 Å². The van der Waals surface area contributed by atoms with Gasteiger partial charge in [-0.2, -0.15) is 0 Å². The zero-order valence-corrected chi connectivity index (χ0v) is 9.10. The largest absolute Gasteiger partial charge is 0.344 e. The lowest BCUT2D eigenvalue weighted by atomic mass is 10.2. The summed E-state index contributed by atoms with van der Waals surface area (Å²) in [5, 5.41) is 1.93. The summed E-state index contributed by atoms with van der Waals surface area (Å²) >= 11 is 1.46. The monoisotopic (exact) mass is 216 g/mol. The summed E-state index contributed by atoms with van der Waals surface area (Å²) in [6, 6.07) is 1.91. The minimum atomic E-state index is 1.01. The molecule has 3 heteroatoms.